The van der Waals surface area contributed by atoms with E-state index in [1.807, 2.05) is 12.1 Å². The summed E-state index contributed by atoms with van der Waals surface area (Å²) in [6, 6.07) is 5.82. The molecule has 0 spiro atoms. The van der Waals surface area contributed by atoms with Gasteiger partial charge in [0.25, 0.3) is 5.69 Å². The van der Waals surface area contributed by atoms with Crippen LogP contribution in [0.4, 0.5) is 5.69 Å². The highest BCUT2D eigenvalue weighted by atomic mass is 79.9. The third-order valence-electron chi connectivity index (χ3n) is 4.67. The number of fused-ring (bicyclic) bond motifs is 1. The van der Waals surface area contributed by atoms with Gasteiger partial charge in [0, 0.05) is 35.2 Å². The maximum absolute atomic E-state index is 11.2. The molecule has 2 saturated heterocycles. The fourth-order valence-electron chi connectivity index (χ4n) is 3.52. The SMILES string of the molecule is CC1C2CNCC2CN1Cc1ccc(Br)cc1[N+](=O)[O-]. The lowest BCUT2D eigenvalue weighted by Gasteiger charge is -2.24. The molecule has 2 aliphatic heterocycles. The van der Waals surface area contributed by atoms with Gasteiger partial charge in [-0.3, -0.25) is 15.0 Å². The van der Waals surface area contributed by atoms with Crippen LogP contribution in [0.1, 0.15) is 12.5 Å². The Kier molecular flexibility index (Phi) is 3.79. The Balaban J connectivity index is 1.80. The second-order valence-corrected chi connectivity index (χ2v) is 6.70. The van der Waals surface area contributed by atoms with Crippen LogP contribution in [0.25, 0.3) is 0 Å². The normalized spacial score (nSPS) is 29.6. The highest BCUT2D eigenvalue weighted by Crippen LogP contribution is 2.34. The van der Waals surface area contributed by atoms with Crippen molar-refractivity contribution in [1.29, 1.82) is 0 Å². The van der Waals surface area contributed by atoms with E-state index in [2.05, 4.69) is 33.1 Å². The molecule has 20 heavy (non-hydrogen) atoms. The molecule has 0 radical (unpaired) electrons. The van der Waals surface area contributed by atoms with Crippen molar-refractivity contribution in [2.45, 2.75) is 19.5 Å². The minimum atomic E-state index is -0.288. The van der Waals surface area contributed by atoms with E-state index in [-0.39, 0.29) is 10.6 Å². The third kappa shape index (κ3) is 2.47. The predicted molar refractivity (Wildman–Crippen MR) is 80.5 cm³/mol. The largest absolute Gasteiger partial charge is 0.316 e. The van der Waals surface area contributed by atoms with Crippen molar-refractivity contribution >= 4 is 21.6 Å². The van der Waals surface area contributed by atoms with Crippen LogP contribution in [0, 0.1) is 22.0 Å². The Morgan fingerprint density at radius 3 is 3.00 bits per heavy atom. The van der Waals surface area contributed by atoms with Gasteiger partial charge in [-0.15, -0.1) is 0 Å². The number of nitro groups is 1. The van der Waals surface area contributed by atoms with Gasteiger partial charge >= 0.3 is 0 Å². The van der Waals surface area contributed by atoms with Crippen LogP contribution in [0.5, 0.6) is 0 Å². The zero-order valence-electron chi connectivity index (χ0n) is 11.4. The van der Waals surface area contributed by atoms with Crippen molar-refractivity contribution in [3.8, 4) is 0 Å². The Morgan fingerprint density at radius 1 is 1.50 bits per heavy atom. The van der Waals surface area contributed by atoms with E-state index in [0.717, 1.165) is 29.7 Å². The zero-order chi connectivity index (χ0) is 14.3. The quantitative estimate of drug-likeness (QED) is 0.678. The molecular weight excluding hydrogens is 322 g/mol. The van der Waals surface area contributed by atoms with Crippen LogP contribution < -0.4 is 5.32 Å². The van der Waals surface area contributed by atoms with Gasteiger partial charge in [-0.1, -0.05) is 15.9 Å². The van der Waals surface area contributed by atoms with Crippen molar-refractivity contribution in [1.82, 2.24) is 10.2 Å². The maximum atomic E-state index is 11.2. The van der Waals surface area contributed by atoms with Crippen LogP contribution >= 0.6 is 15.9 Å². The van der Waals surface area contributed by atoms with Crippen molar-refractivity contribution in [2.24, 2.45) is 11.8 Å². The number of hydrogen-bond acceptors (Lipinski definition) is 4. The summed E-state index contributed by atoms with van der Waals surface area (Å²) in [5.74, 6) is 1.38. The van der Waals surface area contributed by atoms with E-state index in [0.29, 0.717) is 24.4 Å². The molecule has 2 aliphatic rings. The van der Waals surface area contributed by atoms with Crippen molar-refractivity contribution in [2.75, 3.05) is 19.6 Å². The summed E-state index contributed by atoms with van der Waals surface area (Å²) in [6.07, 6.45) is 0. The molecule has 2 heterocycles. The number of likely N-dealkylation sites (tertiary alicyclic amines) is 1. The van der Waals surface area contributed by atoms with E-state index in [1.54, 1.807) is 6.07 Å². The number of rotatable bonds is 3. The first-order valence-corrected chi connectivity index (χ1v) is 7.73. The van der Waals surface area contributed by atoms with Crippen LogP contribution in [0.2, 0.25) is 0 Å². The summed E-state index contributed by atoms with van der Waals surface area (Å²) < 4.78 is 0.753. The summed E-state index contributed by atoms with van der Waals surface area (Å²) in [4.78, 5) is 13.3. The van der Waals surface area contributed by atoms with Crippen LogP contribution in [0.3, 0.4) is 0 Å². The first kappa shape index (κ1) is 14.0. The van der Waals surface area contributed by atoms with Crippen molar-refractivity contribution in [3.05, 3.63) is 38.3 Å². The molecule has 0 aliphatic carbocycles. The number of hydrogen-bond donors (Lipinski definition) is 1. The summed E-state index contributed by atoms with van der Waals surface area (Å²) in [5.41, 5.74) is 1.01. The molecule has 0 saturated carbocycles. The third-order valence-corrected chi connectivity index (χ3v) is 5.17. The maximum Gasteiger partial charge on any atom is 0.275 e. The molecule has 2 fully saturated rings. The minimum absolute atomic E-state index is 0.210. The number of nitrogens with one attached hydrogen (secondary N) is 1. The van der Waals surface area contributed by atoms with E-state index in [4.69, 9.17) is 0 Å². The van der Waals surface area contributed by atoms with Crippen molar-refractivity contribution in [3.63, 3.8) is 0 Å². The van der Waals surface area contributed by atoms with E-state index in [1.165, 1.54) is 0 Å². The minimum Gasteiger partial charge on any atom is -0.316 e. The van der Waals surface area contributed by atoms with Gasteiger partial charge in [0.1, 0.15) is 0 Å². The molecule has 108 valence electrons. The summed E-state index contributed by atoms with van der Waals surface area (Å²) >= 11 is 3.30. The molecule has 1 aromatic rings. The van der Waals surface area contributed by atoms with Gasteiger partial charge in [-0.25, -0.2) is 0 Å². The molecular formula is C14H18BrN3O2. The molecule has 0 aromatic heterocycles. The number of nitrogens with zero attached hydrogens (tertiary/aromatic N) is 2. The second-order valence-electron chi connectivity index (χ2n) is 5.78. The Bertz CT molecular complexity index is 537. The highest BCUT2D eigenvalue weighted by molar-refractivity contribution is 9.10. The molecule has 6 heteroatoms. The Hall–Kier alpha value is -0.980. The average molecular weight is 340 g/mol. The van der Waals surface area contributed by atoms with E-state index < -0.39 is 0 Å². The summed E-state index contributed by atoms with van der Waals surface area (Å²) in [7, 11) is 0. The first-order valence-electron chi connectivity index (χ1n) is 6.94. The smallest absolute Gasteiger partial charge is 0.275 e. The molecule has 5 nitrogen and oxygen atoms in total. The summed E-state index contributed by atoms with van der Waals surface area (Å²) in [6.45, 7) is 6.09. The first-order chi connectivity index (χ1) is 9.56. The topological polar surface area (TPSA) is 58.4 Å². The fourth-order valence-corrected chi connectivity index (χ4v) is 3.87. The molecule has 0 amide bonds. The lowest BCUT2D eigenvalue weighted by molar-refractivity contribution is -0.385. The Labute approximate surface area is 126 Å². The molecule has 0 bridgehead atoms. The second kappa shape index (κ2) is 5.42. The zero-order valence-corrected chi connectivity index (χ0v) is 13.0. The monoisotopic (exact) mass is 339 g/mol. The highest BCUT2D eigenvalue weighted by Gasteiger charge is 2.41. The van der Waals surface area contributed by atoms with Gasteiger partial charge in [-0.2, -0.15) is 0 Å². The molecule has 3 rings (SSSR count). The van der Waals surface area contributed by atoms with Gasteiger partial charge < -0.3 is 5.32 Å². The Morgan fingerprint density at radius 2 is 2.30 bits per heavy atom. The summed E-state index contributed by atoms with van der Waals surface area (Å²) in [5, 5.41) is 14.6. The lowest BCUT2D eigenvalue weighted by Crippen LogP contribution is -2.32. The van der Waals surface area contributed by atoms with Gasteiger partial charge in [0.15, 0.2) is 0 Å². The lowest BCUT2D eigenvalue weighted by atomic mass is 9.95. The van der Waals surface area contributed by atoms with Crippen molar-refractivity contribution < 1.29 is 4.92 Å². The molecule has 1 N–H and O–H groups in total. The van der Waals surface area contributed by atoms with Gasteiger partial charge in [-0.05, 0) is 44.0 Å². The average Bonchev–Trinajstić information content (AvgIpc) is 2.96. The fraction of sp³-hybridized carbons (Fsp3) is 0.571. The number of nitro benzene ring substituents is 1. The molecule has 1 aromatic carbocycles. The standard InChI is InChI=1S/C14H18BrN3O2/c1-9-13-6-16-5-11(13)8-17(9)7-10-2-3-12(15)4-14(10)18(19)20/h2-4,9,11,13,16H,5-8H2,1H3. The molecule has 3 unspecified atom stereocenters. The predicted octanol–water partition coefficient (Wildman–Crippen LogP) is 2.40. The van der Waals surface area contributed by atoms with Crippen LogP contribution in [0.15, 0.2) is 22.7 Å². The van der Waals surface area contributed by atoms with E-state index >= 15 is 0 Å². The van der Waals surface area contributed by atoms with Gasteiger partial charge in [0.05, 0.1) is 4.92 Å². The number of benzene rings is 1. The van der Waals surface area contributed by atoms with Crippen LogP contribution in [-0.4, -0.2) is 35.5 Å². The van der Waals surface area contributed by atoms with E-state index in [9.17, 15) is 10.1 Å². The van der Waals surface area contributed by atoms with Crippen LogP contribution in [-0.2, 0) is 6.54 Å². The number of halogens is 1. The van der Waals surface area contributed by atoms with Gasteiger partial charge in [0.2, 0.25) is 0 Å². The molecule has 3 atom stereocenters.